The molecule has 2 atom stereocenters. The van der Waals surface area contributed by atoms with Crippen molar-refractivity contribution in [3.8, 4) is 5.75 Å². The molecule has 1 heterocycles. The van der Waals surface area contributed by atoms with Gasteiger partial charge in [0.05, 0.1) is 26.4 Å². The highest BCUT2D eigenvalue weighted by molar-refractivity contribution is 5.87. The van der Waals surface area contributed by atoms with E-state index in [1.165, 1.54) is 0 Å². The van der Waals surface area contributed by atoms with Crippen LogP contribution in [0.1, 0.15) is 12.5 Å². The van der Waals surface area contributed by atoms with Crippen molar-refractivity contribution < 1.29 is 19.1 Å². The van der Waals surface area contributed by atoms with E-state index < -0.39 is 6.04 Å². The van der Waals surface area contributed by atoms with E-state index in [0.717, 1.165) is 11.3 Å². The normalized spacial score (nSPS) is 20.6. The second kappa shape index (κ2) is 8.50. The molecule has 1 saturated heterocycles. The van der Waals surface area contributed by atoms with Crippen LogP contribution in [0.15, 0.2) is 24.3 Å². The van der Waals surface area contributed by atoms with Crippen molar-refractivity contribution >= 4 is 11.8 Å². The number of benzene rings is 1. The maximum Gasteiger partial charge on any atom is 0.240 e. The first-order chi connectivity index (χ1) is 11.1. The molecule has 1 aliphatic heterocycles. The first kappa shape index (κ1) is 17.2. The molecule has 0 bridgehead atoms. The Morgan fingerprint density at radius 1 is 1.30 bits per heavy atom. The van der Waals surface area contributed by atoms with Crippen molar-refractivity contribution in [3.63, 3.8) is 0 Å². The third-order valence-electron chi connectivity index (χ3n) is 3.67. The Balaban J connectivity index is 1.70. The summed E-state index contributed by atoms with van der Waals surface area (Å²) in [6, 6.07) is 7.00. The summed E-state index contributed by atoms with van der Waals surface area (Å²) in [5.74, 6) is 0.305. The topological polar surface area (TPSA) is 88.7 Å². The molecule has 2 amide bonds. The smallest absolute Gasteiger partial charge is 0.240 e. The van der Waals surface area contributed by atoms with Gasteiger partial charge in [0.15, 0.2) is 0 Å². The van der Waals surface area contributed by atoms with Gasteiger partial charge in [-0.05, 0) is 24.6 Å². The van der Waals surface area contributed by atoms with Gasteiger partial charge in [-0.15, -0.1) is 0 Å². The summed E-state index contributed by atoms with van der Waals surface area (Å²) in [7, 11) is 1.60. The number of nitrogens with one attached hydrogen (secondary N) is 3. The molecule has 0 aliphatic carbocycles. The Bertz CT molecular complexity index is 533. The molecule has 1 aromatic rings. The van der Waals surface area contributed by atoms with Gasteiger partial charge in [-0.3, -0.25) is 9.59 Å². The zero-order valence-corrected chi connectivity index (χ0v) is 13.4. The lowest BCUT2D eigenvalue weighted by atomic mass is 10.1. The standard InChI is InChI=1S/C16H23N3O4/c1-11-15(17-7-8-23-11)16(21)19-10-14(20)18-9-12-3-5-13(22-2)6-4-12/h3-6,11,15,17H,7-10H2,1-2H3,(H,18,20)(H,19,21)/t11-,15+/m1/s1. The summed E-state index contributed by atoms with van der Waals surface area (Å²) < 4.78 is 10.5. The summed E-state index contributed by atoms with van der Waals surface area (Å²) in [6.45, 7) is 3.40. The lowest BCUT2D eigenvalue weighted by Gasteiger charge is -2.29. The average molecular weight is 321 g/mol. The van der Waals surface area contributed by atoms with Crippen molar-refractivity contribution in [2.45, 2.75) is 25.6 Å². The maximum atomic E-state index is 12.0. The Kier molecular flexibility index (Phi) is 6.37. The van der Waals surface area contributed by atoms with Crippen LogP contribution in [0.4, 0.5) is 0 Å². The highest BCUT2D eigenvalue weighted by Gasteiger charge is 2.28. The van der Waals surface area contributed by atoms with Crippen LogP contribution in [-0.2, 0) is 20.9 Å². The van der Waals surface area contributed by atoms with E-state index in [1.807, 2.05) is 31.2 Å². The van der Waals surface area contributed by atoms with Crippen LogP contribution < -0.4 is 20.7 Å². The minimum absolute atomic E-state index is 0.0557. The monoisotopic (exact) mass is 321 g/mol. The van der Waals surface area contributed by atoms with E-state index >= 15 is 0 Å². The second-order valence-electron chi connectivity index (χ2n) is 5.35. The SMILES string of the molecule is COc1ccc(CNC(=O)CNC(=O)[C@H]2NCCO[C@@H]2C)cc1. The molecular weight excluding hydrogens is 298 g/mol. The van der Waals surface area contributed by atoms with Crippen molar-refractivity contribution in [1.82, 2.24) is 16.0 Å². The number of rotatable bonds is 6. The molecule has 0 unspecified atom stereocenters. The van der Waals surface area contributed by atoms with E-state index in [4.69, 9.17) is 9.47 Å². The van der Waals surface area contributed by atoms with E-state index in [-0.39, 0.29) is 24.5 Å². The first-order valence-electron chi connectivity index (χ1n) is 7.62. The molecule has 0 radical (unpaired) electrons. The predicted octanol–water partition coefficient (Wildman–Crippen LogP) is -0.195. The van der Waals surface area contributed by atoms with Gasteiger partial charge in [-0.2, -0.15) is 0 Å². The molecule has 0 saturated carbocycles. The highest BCUT2D eigenvalue weighted by atomic mass is 16.5. The lowest BCUT2D eigenvalue weighted by Crippen LogP contribution is -2.56. The van der Waals surface area contributed by atoms with Gasteiger partial charge in [0.25, 0.3) is 0 Å². The zero-order valence-electron chi connectivity index (χ0n) is 13.4. The minimum Gasteiger partial charge on any atom is -0.497 e. The Hall–Kier alpha value is -2.12. The van der Waals surface area contributed by atoms with Crippen LogP contribution in [-0.4, -0.2) is 50.8 Å². The molecule has 0 spiro atoms. The van der Waals surface area contributed by atoms with Gasteiger partial charge in [-0.25, -0.2) is 0 Å². The number of carbonyl (C=O) groups is 2. The molecule has 1 fully saturated rings. The summed E-state index contributed by atoms with van der Waals surface area (Å²) >= 11 is 0. The fourth-order valence-corrected chi connectivity index (χ4v) is 2.31. The Labute approximate surface area is 135 Å². The largest absolute Gasteiger partial charge is 0.497 e. The molecule has 3 N–H and O–H groups in total. The van der Waals surface area contributed by atoms with E-state index in [0.29, 0.717) is 19.7 Å². The second-order valence-corrected chi connectivity index (χ2v) is 5.35. The van der Waals surface area contributed by atoms with Crippen molar-refractivity contribution in [2.75, 3.05) is 26.8 Å². The first-order valence-corrected chi connectivity index (χ1v) is 7.62. The molecule has 1 aliphatic rings. The van der Waals surface area contributed by atoms with E-state index in [9.17, 15) is 9.59 Å². The highest BCUT2D eigenvalue weighted by Crippen LogP contribution is 2.10. The maximum absolute atomic E-state index is 12.0. The Morgan fingerprint density at radius 2 is 2.04 bits per heavy atom. The van der Waals surface area contributed by atoms with Crippen LogP contribution in [0.2, 0.25) is 0 Å². The van der Waals surface area contributed by atoms with Gasteiger partial charge in [0.2, 0.25) is 11.8 Å². The van der Waals surface area contributed by atoms with E-state index in [1.54, 1.807) is 7.11 Å². The van der Waals surface area contributed by atoms with Gasteiger partial charge < -0.3 is 25.4 Å². The van der Waals surface area contributed by atoms with Crippen LogP contribution in [0.5, 0.6) is 5.75 Å². The van der Waals surface area contributed by atoms with Crippen molar-refractivity contribution in [1.29, 1.82) is 0 Å². The van der Waals surface area contributed by atoms with Gasteiger partial charge in [0.1, 0.15) is 11.8 Å². The molecular formula is C16H23N3O4. The molecule has 126 valence electrons. The molecule has 23 heavy (non-hydrogen) atoms. The van der Waals surface area contributed by atoms with Gasteiger partial charge in [-0.1, -0.05) is 12.1 Å². The Morgan fingerprint density at radius 3 is 2.70 bits per heavy atom. The summed E-state index contributed by atoms with van der Waals surface area (Å²) in [6.07, 6.45) is -0.203. The number of morpholine rings is 1. The number of ether oxygens (including phenoxy) is 2. The molecule has 2 rings (SSSR count). The fourth-order valence-electron chi connectivity index (χ4n) is 2.31. The van der Waals surface area contributed by atoms with Gasteiger partial charge in [0, 0.05) is 13.1 Å². The average Bonchev–Trinajstić information content (AvgIpc) is 2.58. The van der Waals surface area contributed by atoms with Crippen LogP contribution in [0.3, 0.4) is 0 Å². The predicted molar refractivity (Wildman–Crippen MR) is 85.1 cm³/mol. The summed E-state index contributed by atoms with van der Waals surface area (Å²) in [4.78, 5) is 23.8. The molecule has 0 aromatic heterocycles. The number of amides is 2. The number of carbonyl (C=O) groups excluding carboxylic acids is 2. The summed E-state index contributed by atoms with van der Waals surface area (Å²) in [5, 5.41) is 8.46. The van der Waals surface area contributed by atoms with Crippen LogP contribution >= 0.6 is 0 Å². The number of hydrogen-bond donors (Lipinski definition) is 3. The third kappa shape index (κ3) is 5.22. The fraction of sp³-hybridized carbons (Fsp3) is 0.500. The molecule has 7 nitrogen and oxygen atoms in total. The minimum atomic E-state index is -0.418. The van der Waals surface area contributed by atoms with Crippen molar-refractivity contribution in [3.05, 3.63) is 29.8 Å². The van der Waals surface area contributed by atoms with Crippen LogP contribution in [0.25, 0.3) is 0 Å². The quantitative estimate of drug-likeness (QED) is 0.675. The number of methoxy groups -OCH3 is 1. The zero-order chi connectivity index (χ0) is 16.7. The number of hydrogen-bond acceptors (Lipinski definition) is 5. The van der Waals surface area contributed by atoms with Crippen LogP contribution in [0, 0.1) is 0 Å². The summed E-state index contributed by atoms with van der Waals surface area (Å²) in [5.41, 5.74) is 0.960. The van der Waals surface area contributed by atoms with Crippen molar-refractivity contribution in [2.24, 2.45) is 0 Å². The third-order valence-corrected chi connectivity index (χ3v) is 3.67. The molecule has 1 aromatic carbocycles. The van der Waals surface area contributed by atoms with E-state index in [2.05, 4.69) is 16.0 Å². The lowest BCUT2D eigenvalue weighted by molar-refractivity contribution is -0.131. The molecule has 7 heteroatoms. The van der Waals surface area contributed by atoms with Gasteiger partial charge >= 0.3 is 0 Å².